The molecule has 6 heteroatoms. The maximum Gasteiger partial charge on any atom is 0.239 e. The number of carbonyl (C=O) groups is 1. The fourth-order valence-corrected chi connectivity index (χ4v) is 3.44. The SMILES string of the molecule is CC(C)NC(=O)CN(Cc1ccccc1)c1nc(Cc2ccccc2)ns1. The summed E-state index contributed by atoms with van der Waals surface area (Å²) in [4.78, 5) is 19.0. The molecule has 1 aromatic heterocycles. The highest BCUT2D eigenvalue weighted by Crippen LogP contribution is 2.21. The Morgan fingerprint density at radius 3 is 2.30 bits per heavy atom. The number of nitrogens with one attached hydrogen (secondary N) is 1. The molecule has 3 aromatic rings. The molecule has 1 heterocycles. The van der Waals surface area contributed by atoms with Gasteiger partial charge in [-0.15, -0.1) is 0 Å². The smallest absolute Gasteiger partial charge is 0.239 e. The van der Waals surface area contributed by atoms with E-state index in [1.165, 1.54) is 17.1 Å². The van der Waals surface area contributed by atoms with E-state index in [4.69, 9.17) is 0 Å². The summed E-state index contributed by atoms with van der Waals surface area (Å²) in [5.74, 6) is 0.768. The lowest BCUT2D eigenvalue weighted by molar-refractivity contribution is -0.120. The van der Waals surface area contributed by atoms with E-state index in [1.54, 1.807) is 0 Å². The van der Waals surface area contributed by atoms with E-state index in [0.717, 1.165) is 16.5 Å². The molecule has 0 saturated heterocycles. The molecule has 27 heavy (non-hydrogen) atoms. The minimum atomic E-state index is -0.0132. The summed E-state index contributed by atoms with van der Waals surface area (Å²) in [6, 6.07) is 20.4. The minimum Gasteiger partial charge on any atom is -0.352 e. The summed E-state index contributed by atoms with van der Waals surface area (Å²) in [5, 5.41) is 3.72. The molecule has 0 fully saturated rings. The van der Waals surface area contributed by atoms with Gasteiger partial charge in [0.15, 0.2) is 0 Å². The van der Waals surface area contributed by atoms with Crippen molar-refractivity contribution in [2.24, 2.45) is 0 Å². The van der Waals surface area contributed by atoms with Crippen molar-refractivity contribution in [2.75, 3.05) is 11.4 Å². The molecular weight excluding hydrogens is 356 g/mol. The fraction of sp³-hybridized carbons (Fsp3) is 0.286. The molecular formula is C21H24N4OS. The Hall–Kier alpha value is -2.73. The average molecular weight is 381 g/mol. The second-order valence-corrected chi connectivity index (χ2v) is 7.45. The lowest BCUT2D eigenvalue weighted by Crippen LogP contribution is -2.40. The maximum atomic E-state index is 12.3. The van der Waals surface area contributed by atoms with Gasteiger partial charge >= 0.3 is 0 Å². The molecule has 0 spiro atoms. The van der Waals surface area contributed by atoms with E-state index in [-0.39, 0.29) is 18.5 Å². The van der Waals surface area contributed by atoms with Crippen molar-refractivity contribution in [3.63, 3.8) is 0 Å². The predicted octanol–water partition coefficient (Wildman–Crippen LogP) is 3.66. The number of anilines is 1. The van der Waals surface area contributed by atoms with Crippen molar-refractivity contribution in [3.05, 3.63) is 77.6 Å². The highest BCUT2D eigenvalue weighted by molar-refractivity contribution is 7.09. The van der Waals surface area contributed by atoms with Gasteiger partial charge in [-0.2, -0.15) is 4.37 Å². The van der Waals surface area contributed by atoms with Crippen molar-refractivity contribution in [3.8, 4) is 0 Å². The summed E-state index contributed by atoms with van der Waals surface area (Å²) in [7, 11) is 0. The van der Waals surface area contributed by atoms with Gasteiger partial charge in [0.25, 0.3) is 0 Å². The van der Waals surface area contributed by atoms with Crippen LogP contribution in [0.5, 0.6) is 0 Å². The van der Waals surface area contributed by atoms with Gasteiger partial charge in [-0.05, 0) is 25.0 Å². The first-order valence-electron chi connectivity index (χ1n) is 9.05. The number of benzene rings is 2. The molecule has 140 valence electrons. The van der Waals surface area contributed by atoms with E-state index < -0.39 is 0 Å². The second-order valence-electron chi connectivity index (χ2n) is 6.72. The molecule has 0 bridgehead atoms. The summed E-state index contributed by atoms with van der Waals surface area (Å²) < 4.78 is 4.50. The van der Waals surface area contributed by atoms with Crippen LogP contribution in [0.4, 0.5) is 5.13 Å². The molecule has 5 nitrogen and oxygen atoms in total. The van der Waals surface area contributed by atoms with Crippen molar-refractivity contribution < 1.29 is 4.79 Å². The molecule has 0 aliphatic carbocycles. The van der Waals surface area contributed by atoms with Crippen molar-refractivity contribution in [1.82, 2.24) is 14.7 Å². The van der Waals surface area contributed by atoms with Crippen LogP contribution in [0.3, 0.4) is 0 Å². The summed E-state index contributed by atoms with van der Waals surface area (Å²) in [6.07, 6.45) is 0.689. The Kier molecular flexibility index (Phi) is 6.54. The van der Waals surface area contributed by atoms with Gasteiger partial charge in [0.2, 0.25) is 11.0 Å². The van der Waals surface area contributed by atoms with Gasteiger partial charge in [0, 0.05) is 30.5 Å². The second kappa shape index (κ2) is 9.28. The molecule has 3 rings (SSSR count). The lowest BCUT2D eigenvalue weighted by atomic mass is 10.1. The van der Waals surface area contributed by atoms with Gasteiger partial charge in [0.1, 0.15) is 5.82 Å². The van der Waals surface area contributed by atoms with Crippen LogP contribution < -0.4 is 10.2 Å². The number of hydrogen-bond donors (Lipinski definition) is 1. The Morgan fingerprint density at radius 2 is 1.67 bits per heavy atom. The van der Waals surface area contributed by atoms with E-state index in [2.05, 4.69) is 38.9 Å². The minimum absolute atomic E-state index is 0.0132. The van der Waals surface area contributed by atoms with E-state index in [1.807, 2.05) is 55.1 Å². The third kappa shape index (κ3) is 5.89. The molecule has 0 radical (unpaired) electrons. The Labute approximate surface area is 164 Å². The van der Waals surface area contributed by atoms with Crippen LogP contribution in [-0.4, -0.2) is 27.9 Å². The van der Waals surface area contributed by atoms with Crippen LogP contribution in [0, 0.1) is 0 Å². The number of aromatic nitrogens is 2. The molecule has 1 N–H and O–H groups in total. The highest BCUT2D eigenvalue weighted by atomic mass is 32.1. The topological polar surface area (TPSA) is 58.1 Å². The van der Waals surface area contributed by atoms with Crippen LogP contribution in [0.2, 0.25) is 0 Å². The van der Waals surface area contributed by atoms with Crippen LogP contribution in [0.15, 0.2) is 60.7 Å². The third-order valence-corrected chi connectivity index (χ3v) is 4.75. The van der Waals surface area contributed by atoms with E-state index in [0.29, 0.717) is 13.0 Å². The van der Waals surface area contributed by atoms with Crippen molar-refractivity contribution >= 4 is 22.6 Å². The normalized spacial score (nSPS) is 10.8. The molecule has 0 unspecified atom stereocenters. The van der Waals surface area contributed by atoms with Crippen molar-refractivity contribution in [2.45, 2.75) is 32.9 Å². The Bertz CT molecular complexity index is 849. The molecule has 0 atom stereocenters. The largest absolute Gasteiger partial charge is 0.352 e. The summed E-state index contributed by atoms with van der Waals surface area (Å²) in [5.41, 5.74) is 2.31. The highest BCUT2D eigenvalue weighted by Gasteiger charge is 2.17. The zero-order valence-corrected chi connectivity index (χ0v) is 16.4. The third-order valence-electron chi connectivity index (χ3n) is 3.93. The molecule has 0 saturated carbocycles. The van der Waals surface area contributed by atoms with Gasteiger partial charge in [-0.1, -0.05) is 60.7 Å². The van der Waals surface area contributed by atoms with Gasteiger partial charge < -0.3 is 10.2 Å². The first-order chi connectivity index (χ1) is 13.1. The van der Waals surface area contributed by atoms with E-state index >= 15 is 0 Å². The quantitative estimate of drug-likeness (QED) is 0.648. The van der Waals surface area contributed by atoms with Gasteiger partial charge in [-0.25, -0.2) is 4.98 Å². The Morgan fingerprint density at radius 1 is 1.04 bits per heavy atom. The lowest BCUT2D eigenvalue weighted by Gasteiger charge is -2.21. The van der Waals surface area contributed by atoms with Crippen molar-refractivity contribution in [1.29, 1.82) is 0 Å². The van der Waals surface area contributed by atoms with Crippen LogP contribution in [0.25, 0.3) is 0 Å². The zero-order valence-electron chi connectivity index (χ0n) is 15.6. The molecule has 2 aromatic carbocycles. The maximum absolute atomic E-state index is 12.3. The molecule has 0 aliphatic rings. The zero-order chi connectivity index (χ0) is 19.1. The summed E-state index contributed by atoms with van der Waals surface area (Å²) in [6.45, 7) is 4.80. The van der Waals surface area contributed by atoms with Gasteiger partial charge in [-0.3, -0.25) is 4.79 Å². The number of amides is 1. The summed E-state index contributed by atoms with van der Waals surface area (Å²) >= 11 is 1.34. The molecule has 0 aliphatic heterocycles. The molecule has 1 amide bonds. The number of nitrogens with zero attached hydrogens (tertiary/aromatic N) is 3. The number of rotatable bonds is 8. The van der Waals surface area contributed by atoms with Crippen LogP contribution >= 0.6 is 11.5 Å². The predicted molar refractivity (Wildman–Crippen MR) is 110 cm³/mol. The number of hydrogen-bond acceptors (Lipinski definition) is 5. The van der Waals surface area contributed by atoms with Gasteiger partial charge in [0.05, 0.1) is 6.54 Å². The van der Waals surface area contributed by atoms with Crippen LogP contribution in [-0.2, 0) is 17.8 Å². The van der Waals surface area contributed by atoms with E-state index in [9.17, 15) is 4.79 Å². The number of carbonyl (C=O) groups excluding carboxylic acids is 1. The Balaban J connectivity index is 1.76. The standard InChI is InChI=1S/C21H24N4OS/c1-16(2)22-20(26)15-25(14-18-11-7-4-8-12-18)21-23-19(24-27-21)13-17-9-5-3-6-10-17/h3-12,16H,13-15H2,1-2H3,(H,22,26). The first-order valence-corrected chi connectivity index (χ1v) is 9.82. The first kappa shape index (κ1) is 19.0. The fourth-order valence-electron chi connectivity index (χ4n) is 2.76. The van der Waals surface area contributed by atoms with Crippen LogP contribution in [0.1, 0.15) is 30.8 Å². The average Bonchev–Trinajstić information content (AvgIpc) is 3.11. The monoisotopic (exact) mass is 380 g/mol.